The smallest absolute Gasteiger partial charge is 0.0453 e. The molecule has 0 fully saturated rings. The summed E-state index contributed by atoms with van der Waals surface area (Å²) in [4.78, 5) is 2.12. The predicted molar refractivity (Wildman–Crippen MR) is 70.8 cm³/mol. The Balaban J connectivity index is 2.60. The maximum atomic E-state index is 6.23. The number of aryl methyl sites for hydroxylation is 1. The second-order valence-electron chi connectivity index (χ2n) is 4.41. The highest BCUT2D eigenvalue weighted by molar-refractivity contribution is 6.31. The summed E-state index contributed by atoms with van der Waals surface area (Å²) in [5.41, 5.74) is 7.97. The number of nitrogens with two attached hydrogens (primary N) is 1. The monoisotopic (exact) mass is 240 g/mol. The highest BCUT2D eigenvalue weighted by atomic mass is 35.5. The lowest BCUT2D eigenvalue weighted by Gasteiger charge is -2.12. The largest absolute Gasteiger partial charge is 0.330 e. The van der Waals surface area contributed by atoms with E-state index < -0.39 is 0 Å². The molecule has 3 heteroatoms. The van der Waals surface area contributed by atoms with Gasteiger partial charge in [-0.15, -0.1) is 0 Å². The molecule has 0 saturated carbocycles. The molecule has 0 aromatic heterocycles. The number of benzene rings is 1. The van der Waals surface area contributed by atoms with E-state index in [0.717, 1.165) is 37.4 Å². The molecule has 0 aliphatic heterocycles. The Bertz CT molecular complexity index is 324. The summed E-state index contributed by atoms with van der Waals surface area (Å²) in [6.07, 6.45) is 3.29. The normalized spacial score (nSPS) is 11.1. The number of unbranched alkanes of at least 4 members (excludes halogenated alkanes) is 1. The van der Waals surface area contributed by atoms with Crippen molar-refractivity contribution in [2.75, 3.05) is 20.6 Å². The standard InChI is InChI=1S/C13H21ClN2/c1-16(2)10-12-7-6-11(9-13(12)14)5-3-4-8-15/h6-7,9H,3-5,8,10,15H2,1-2H3. The van der Waals surface area contributed by atoms with E-state index in [2.05, 4.69) is 23.1 Å². The molecule has 0 amide bonds. The first kappa shape index (κ1) is 13.5. The van der Waals surface area contributed by atoms with Crippen molar-refractivity contribution >= 4 is 11.6 Å². The van der Waals surface area contributed by atoms with E-state index in [4.69, 9.17) is 17.3 Å². The van der Waals surface area contributed by atoms with Gasteiger partial charge in [0.25, 0.3) is 0 Å². The van der Waals surface area contributed by atoms with Crippen LogP contribution < -0.4 is 5.73 Å². The van der Waals surface area contributed by atoms with Gasteiger partial charge in [-0.25, -0.2) is 0 Å². The quantitative estimate of drug-likeness (QED) is 0.775. The molecule has 2 nitrogen and oxygen atoms in total. The highest BCUT2D eigenvalue weighted by Gasteiger charge is 2.03. The van der Waals surface area contributed by atoms with Crippen molar-refractivity contribution in [3.8, 4) is 0 Å². The molecule has 0 bridgehead atoms. The van der Waals surface area contributed by atoms with Crippen molar-refractivity contribution in [2.45, 2.75) is 25.8 Å². The van der Waals surface area contributed by atoms with Gasteiger partial charge in [0.2, 0.25) is 0 Å². The molecule has 1 aromatic carbocycles. The summed E-state index contributed by atoms with van der Waals surface area (Å²) in [7, 11) is 4.09. The first-order chi connectivity index (χ1) is 7.63. The molecule has 0 atom stereocenters. The number of halogens is 1. The molecule has 0 saturated heterocycles. The van der Waals surface area contributed by atoms with Crippen LogP contribution in [0.2, 0.25) is 5.02 Å². The third-order valence-corrected chi connectivity index (χ3v) is 2.88. The highest BCUT2D eigenvalue weighted by Crippen LogP contribution is 2.20. The first-order valence-corrected chi connectivity index (χ1v) is 6.13. The van der Waals surface area contributed by atoms with Crippen LogP contribution in [0.5, 0.6) is 0 Å². The minimum atomic E-state index is 0.770. The zero-order valence-corrected chi connectivity index (χ0v) is 10.9. The molecule has 0 unspecified atom stereocenters. The number of hydrogen-bond acceptors (Lipinski definition) is 2. The molecule has 90 valence electrons. The van der Waals surface area contributed by atoms with Gasteiger partial charge in [0, 0.05) is 11.6 Å². The van der Waals surface area contributed by atoms with Gasteiger partial charge in [0.1, 0.15) is 0 Å². The third kappa shape index (κ3) is 4.52. The van der Waals surface area contributed by atoms with Crippen molar-refractivity contribution in [3.63, 3.8) is 0 Å². The third-order valence-electron chi connectivity index (χ3n) is 2.52. The molecule has 0 aliphatic rings. The van der Waals surface area contributed by atoms with E-state index in [9.17, 15) is 0 Å². The van der Waals surface area contributed by atoms with E-state index in [1.165, 1.54) is 11.1 Å². The summed E-state index contributed by atoms with van der Waals surface area (Å²) in [6.45, 7) is 1.66. The van der Waals surface area contributed by atoms with Crippen LogP contribution in [0, 0.1) is 0 Å². The lowest BCUT2D eigenvalue weighted by Crippen LogP contribution is -2.11. The molecule has 2 N–H and O–H groups in total. The van der Waals surface area contributed by atoms with E-state index in [1.54, 1.807) is 0 Å². The molecule has 16 heavy (non-hydrogen) atoms. The summed E-state index contributed by atoms with van der Waals surface area (Å²) >= 11 is 6.23. The van der Waals surface area contributed by atoms with Crippen molar-refractivity contribution in [1.82, 2.24) is 4.90 Å². The molecule has 1 aromatic rings. The first-order valence-electron chi connectivity index (χ1n) is 5.75. The Morgan fingerprint density at radius 3 is 2.56 bits per heavy atom. The van der Waals surface area contributed by atoms with Crippen molar-refractivity contribution in [3.05, 3.63) is 34.3 Å². The molecule has 0 spiro atoms. The lowest BCUT2D eigenvalue weighted by atomic mass is 10.1. The van der Waals surface area contributed by atoms with Gasteiger partial charge in [-0.2, -0.15) is 0 Å². The van der Waals surface area contributed by atoms with Crippen molar-refractivity contribution < 1.29 is 0 Å². The van der Waals surface area contributed by atoms with Gasteiger partial charge in [-0.1, -0.05) is 23.7 Å². The predicted octanol–water partition coefficient (Wildman–Crippen LogP) is 2.68. The Morgan fingerprint density at radius 2 is 2.00 bits per heavy atom. The molecule has 1 rings (SSSR count). The number of nitrogens with zero attached hydrogens (tertiary/aromatic N) is 1. The summed E-state index contributed by atoms with van der Waals surface area (Å²) < 4.78 is 0. The second-order valence-corrected chi connectivity index (χ2v) is 4.82. The van der Waals surface area contributed by atoms with Gasteiger partial charge in [-0.3, -0.25) is 0 Å². The van der Waals surface area contributed by atoms with Crippen LogP contribution in [0.3, 0.4) is 0 Å². The molecule has 0 aliphatic carbocycles. The molecule has 0 heterocycles. The lowest BCUT2D eigenvalue weighted by molar-refractivity contribution is 0.402. The van der Waals surface area contributed by atoms with Crippen molar-refractivity contribution in [2.24, 2.45) is 5.73 Å². The minimum absolute atomic E-state index is 0.770. The maximum Gasteiger partial charge on any atom is 0.0453 e. The topological polar surface area (TPSA) is 29.3 Å². The SMILES string of the molecule is CN(C)Cc1ccc(CCCCN)cc1Cl. The zero-order valence-electron chi connectivity index (χ0n) is 10.2. The minimum Gasteiger partial charge on any atom is -0.330 e. The second kappa shape index (κ2) is 6.89. The number of rotatable bonds is 6. The van der Waals surface area contributed by atoms with Crippen molar-refractivity contribution in [1.29, 1.82) is 0 Å². The van der Waals surface area contributed by atoms with Crippen LogP contribution in [-0.4, -0.2) is 25.5 Å². The summed E-state index contributed by atoms with van der Waals surface area (Å²) in [6, 6.07) is 6.37. The van der Waals surface area contributed by atoms with E-state index >= 15 is 0 Å². The van der Waals surface area contributed by atoms with Crippen LogP contribution in [0.4, 0.5) is 0 Å². The van der Waals surface area contributed by atoms with Crippen LogP contribution in [0.1, 0.15) is 24.0 Å². The van der Waals surface area contributed by atoms with Gasteiger partial charge in [0.05, 0.1) is 0 Å². The zero-order chi connectivity index (χ0) is 12.0. The molecule has 0 radical (unpaired) electrons. The van der Waals surface area contributed by atoms with Crippen LogP contribution >= 0.6 is 11.6 Å². The summed E-state index contributed by atoms with van der Waals surface area (Å²) in [5, 5.41) is 0.874. The average Bonchev–Trinajstić information content (AvgIpc) is 2.22. The molecular formula is C13H21ClN2. The maximum absolute atomic E-state index is 6.23. The fraction of sp³-hybridized carbons (Fsp3) is 0.538. The van der Waals surface area contributed by atoms with E-state index in [1.807, 2.05) is 14.1 Å². The van der Waals surface area contributed by atoms with Gasteiger partial charge in [-0.05, 0) is 57.1 Å². The van der Waals surface area contributed by atoms with E-state index in [0.29, 0.717) is 0 Å². The summed E-state index contributed by atoms with van der Waals surface area (Å²) in [5.74, 6) is 0. The fourth-order valence-electron chi connectivity index (χ4n) is 1.69. The Labute approximate surface area is 103 Å². The van der Waals surface area contributed by atoms with Crippen LogP contribution in [0.25, 0.3) is 0 Å². The van der Waals surface area contributed by atoms with Gasteiger partial charge < -0.3 is 10.6 Å². The average molecular weight is 241 g/mol. The van der Waals surface area contributed by atoms with Gasteiger partial charge in [0.15, 0.2) is 0 Å². The van der Waals surface area contributed by atoms with Crippen LogP contribution in [0.15, 0.2) is 18.2 Å². The van der Waals surface area contributed by atoms with E-state index in [-0.39, 0.29) is 0 Å². The fourth-order valence-corrected chi connectivity index (χ4v) is 1.95. The number of hydrogen-bond donors (Lipinski definition) is 1. The van der Waals surface area contributed by atoms with Crippen LogP contribution in [-0.2, 0) is 13.0 Å². The Hall–Kier alpha value is -0.570. The Morgan fingerprint density at radius 1 is 1.25 bits per heavy atom. The Kier molecular flexibility index (Phi) is 5.81. The van der Waals surface area contributed by atoms with Gasteiger partial charge >= 0.3 is 0 Å². The molecular weight excluding hydrogens is 220 g/mol.